The van der Waals surface area contributed by atoms with E-state index >= 15 is 0 Å². The first kappa shape index (κ1) is 16.7. The van der Waals surface area contributed by atoms with Crippen LogP contribution in [0.5, 0.6) is 0 Å². The molecule has 0 radical (unpaired) electrons. The molecule has 1 rings (SSSR count). The number of nitrogens with one attached hydrogen (secondary N) is 2. The molecule has 1 aromatic rings. The summed E-state index contributed by atoms with van der Waals surface area (Å²) in [7, 11) is 0. The highest BCUT2D eigenvalue weighted by molar-refractivity contribution is 5.95. The van der Waals surface area contributed by atoms with Gasteiger partial charge < -0.3 is 15.7 Å². The van der Waals surface area contributed by atoms with Crippen LogP contribution in [-0.2, 0) is 9.59 Å². The topological polar surface area (TPSA) is 95.5 Å². The number of carboxylic acid groups (broad SMARTS) is 1. The van der Waals surface area contributed by atoms with Gasteiger partial charge in [-0.3, -0.25) is 14.4 Å². The lowest BCUT2D eigenvalue weighted by molar-refractivity contribution is -0.141. The summed E-state index contributed by atoms with van der Waals surface area (Å²) in [5, 5.41) is 14.2. The van der Waals surface area contributed by atoms with Crippen molar-refractivity contribution in [2.75, 3.05) is 11.9 Å². The minimum atomic E-state index is -0.904. The molecule has 2 amide bonds. The quantitative estimate of drug-likeness (QED) is 0.715. The molecule has 0 aliphatic heterocycles. The SMILES string of the molecule is CCCC(CNC(=O)c1ccc(NC(C)=O)cc1)C(=O)O. The van der Waals surface area contributed by atoms with Gasteiger partial charge >= 0.3 is 5.97 Å². The molecule has 6 nitrogen and oxygen atoms in total. The third-order valence-electron chi connectivity index (χ3n) is 2.96. The molecule has 1 atom stereocenters. The molecule has 1 unspecified atom stereocenters. The first-order valence-corrected chi connectivity index (χ1v) is 6.82. The van der Waals surface area contributed by atoms with Crippen LogP contribution in [0, 0.1) is 5.92 Å². The highest BCUT2D eigenvalue weighted by atomic mass is 16.4. The smallest absolute Gasteiger partial charge is 0.308 e. The number of carbonyl (C=O) groups excluding carboxylic acids is 2. The van der Waals surface area contributed by atoms with E-state index in [1.807, 2.05) is 6.92 Å². The predicted octanol–water partition coefficient (Wildman–Crippen LogP) is 1.88. The molecule has 0 heterocycles. The molecule has 0 saturated carbocycles. The average molecular weight is 292 g/mol. The standard InChI is InChI=1S/C15H20N2O4/c1-3-4-12(15(20)21)9-16-14(19)11-5-7-13(8-6-11)17-10(2)18/h5-8,12H,3-4,9H2,1-2H3,(H,16,19)(H,17,18)(H,20,21). The molecule has 3 N–H and O–H groups in total. The second kappa shape index (κ2) is 8.04. The van der Waals surface area contributed by atoms with E-state index in [9.17, 15) is 14.4 Å². The number of amides is 2. The van der Waals surface area contributed by atoms with Crippen molar-refractivity contribution < 1.29 is 19.5 Å². The molecule has 0 fully saturated rings. The zero-order valence-corrected chi connectivity index (χ0v) is 12.2. The van der Waals surface area contributed by atoms with E-state index in [0.29, 0.717) is 17.7 Å². The fourth-order valence-electron chi connectivity index (χ4n) is 1.89. The first-order valence-electron chi connectivity index (χ1n) is 6.82. The Balaban J connectivity index is 2.59. The molecular weight excluding hydrogens is 272 g/mol. The Morgan fingerprint density at radius 1 is 1.19 bits per heavy atom. The second-order valence-electron chi connectivity index (χ2n) is 4.79. The molecule has 0 aliphatic rings. The van der Waals surface area contributed by atoms with E-state index in [4.69, 9.17) is 5.11 Å². The zero-order chi connectivity index (χ0) is 15.8. The lowest BCUT2D eigenvalue weighted by Gasteiger charge is -2.12. The molecule has 21 heavy (non-hydrogen) atoms. The van der Waals surface area contributed by atoms with Crippen molar-refractivity contribution in [3.8, 4) is 0 Å². The second-order valence-corrected chi connectivity index (χ2v) is 4.79. The lowest BCUT2D eigenvalue weighted by Crippen LogP contribution is -2.32. The molecule has 6 heteroatoms. The van der Waals surface area contributed by atoms with Gasteiger partial charge in [0, 0.05) is 24.7 Å². The van der Waals surface area contributed by atoms with Gasteiger partial charge in [-0.15, -0.1) is 0 Å². The van der Waals surface area contributed by atoms with Gasteiger partial charge in [-0.25, -0.2) is 0 Å². The first-order chi connectivity index (χ1) is 9.93. The minimum absolute atomic E-state index is 0.107. The van der Waals surface area contributed by atoms with Crippen molar-refractivity contribution in [2.24, 2.45) is 5.92 Å². The van der Waals surface area contributed by atoms with Crippen molar-refractivity contribution in [1.82, 2.24) is 5.32 Å². The maximum absolute atomic E-state index is 11.9. The van der Waals surface area contributed by atoms with E-state index in [1.165, 1.54) is 6.92 Å². The van der Waals surface area contributed by atoms with Crippen molar-refractivity contribution in [3.05, 3.63) is 29.8 Å². The Labute approximate surface area is 123 Å². The van der Waals surface area contributed by atoms with Crippen LogP contribution in [0.3, 0.4) is 0 Å². The maximum Gasteiger partial charge on any atom is 0.308 e. The Bertz CT molecular complexity index is 511. The van der Waals surface area contributed by atoms with Crippen LogP contribution in [-0.4, -0.2) is 29.4 Å². The summed E-state index contributed by atoms with van der Waals surface area (Å²) in [4.78, 5) is 33.8. The summed E-state index contributed by atoms with van der Waals surface area (Å²) >= 11 is 0. The normalized spacial score (nSPS) is 11.5. The fourth-order valence-corrected chi connectivity index (χ4v) is 1.89. The van der Waals surface area contributed by atoms with Crippen molar-refractivity contribution in [3.63, 3.8) is 0 Å². The van der Waals surface area contributed by atoms with Gasteiger partial charge in [0.2, 0.25) is 5.91 Å². The molecule has 0 saturated heterocycles. The number of benzene rings is 1. The number of anilines is 1. The summed E-state index contributed by atoms with van der Waals surface area (Å²) in [6, 6.07) is 6.40. The largest absolute Gasteiger partial charge is 0.481 e. The van der Waals surface area contributed by atoms with E-state index in [0.717, 1.165) is 6.42 Å². The highest BCUT2D eigenvalue weighted by Gasteiger charge is 2.17. The Morgan fingerprint density at radius 3 is 2.29 bits per heavy atom. The molecule has 0 spiro atoms. The van der Waals surface area contributed by atoms with Crippen LogP contribution in [0.2, 0.25) is 0 Å². The van der Waals surface area contributed by atoms with Gasteiger partial charge in [-0.1, -0.05) is 13.3 Å². The predicted molar refractivity (Wildman–Crippen MR) is 79.1 cm³/mol. The number of carboxylic acids is 1. The summed E-state index contributed by atoms with van der Waals surface area (Å²) in [5.41, 5.74) is 1.03. The van der Waals surface area contributed by atoms with Crippen molar-refractivity contribution >= 4 is 23.5 Å². The van der Waals surface area contributed by atoms with Gasteiger partial charge in [0.15, 0.2) is 0 Å². The van der Waals surface area contributed by atoms with Crippen molar-refractivity contribution in [2.45, 2.75) is 26.7 Å². The molecule has 0 aliphatic carbocycles. The fraction of sp³-hybridized carbons (Fsp3) is 0.400. The molecule has 0 aromatic heterocycles. The van der Waals surface area contributed by atoms with E-state index in [-0.39, 0.29) is 18.4 Å². The molecular formula is C15H20N2O4. The van der Waals surface area contributed by atoms with Crippen LogP contribution in [0.1, 0.15) is 37.0 Å². The van der Waals surface area contributed by atoms with Gasteiger partial charge in [0.05, 0.1) is 5.92 Å². The van der Waals surface area contributed by atoms with Crippen LogP contribution < -0.4 is 10.6 Å². The number of hydrogen-bond donors (Lipinski definition) is 3. The van der Waals surface area contributed by atoms with E-state index in [1.54, 1.807) is 24.3 Å². The average Bonchev–Trinajstić information content (AvgIpc) is 2.43. The van der Waals surface area contributed by atoms with E-state index < -0.39 is 11.9 Å². The summed E-state index contributed by atoms with van der Waals surface area (Å²) in [5.74, 6) is -1.99. The Morgan fingerprint density at radius 2 is 1.81 bits per heavy atom. The van der Waals surface area contributed by atoms with E-state index in [2.05, 4.69) is 10.6 Å². The molecule has 1 aromatic carbocycles. The van der Waals surface area contributed by atoms with Gasteiger partial charge in [0.25, 0.3) is 5.91 Å². The maximum atomic E-state index is 11.9. The third-order valence-corrected chi connectivity index (χ3v) is 2.96. The van der Waals surface area contributed by atoms with Gasteiger partial charge in [-0.05, 0) is 30.7 Å². The Hall–Kier alpha value is -2.37. The highest BCUT2D eigenvalue weighted by Crippen LogP contribution is 2.10. The monoisotopic (exact) mass is 292 g/mol. The minimum Gasteiger partial charge on any atom is -0.481 e. The van der Waals surface area contributed by atoms with Crippen LogP contribution in [0.25, 0.3) is 0 Å². The molecule has 0 bridgehead atoms. The van der Waals surface area contributed by atoms with Crippen molar-refractivity contribution in [1.29, 1.82) is 0 Å². The van der Waals surface area contributed by atoms with Crippen LogP contribution in [0.4, 0.5) is 5.69 Å². The summed E-state index contributed by atoms with van der Waals surface area (Å²) in [6.45, 7) is 3.41. The third kappa shape index (κ3) is 5.64. The summed E-state index contributed by atoms with van der Waals surface area (Å²) in [6.07, 6.45) is 1.27. The van der Waals surface area contributed by atoms with Crippen LogP contribution >= 0.6 is 0 Å². The molecule has 114 valence electrons. The Kier molecular flexibility index (Phi) is 6.39. The van der Waals surface area contributed by atoms with Gasteiger partial charge in [-0.2, -0.15) is 0 Å². The summed E-state index contributed by atoms with van der Waals surface area (Å²) < 4.78 is 0. The number of carbonyl (C=O) groups is 3. The lowest BCUT2D eigenvalue weighted by atomic mass is 10.0. The number of rotatable bonds is 7. The number of aliphatic carboxylic acids is 1. The van der Waals surface area contributed by atoms with Gasteiger partial charge in [0.1, 0.15) is 0 Å². The number of hydrogen-bond acceptors (Lipinski definition) is 3. The van der Waals surface area contributed by atoms with Crippen LogP contribution in [0.15, 0.2) is 24.3 Å². The zero-order valence-electron chi connectivity index (χ0n) is 12.2.